The molecule has 0 aromatic heterocycles. The first kappa shape index (κ1) is 33.3. The summed E-state index contributed by atoms with van der Waals surface area (Å²) in [5.41, 5.74) is 3.19. The summed E-state index contributed by atoms with van der Waals surface area (Å²) in [5, 5.41) is 10.9. The van der Waals surface area contributed by atoms with Gasteiger partial charge in [-0.25, -0.2) is 0 Å². The molecule has 1 saturated heterocycles. The lowest BCUT2D eigenvalue weighted by Gasteiger charge is -2.40. The maximum atomic E-state index is 14.1. The first-order valence-corrected chi connectivity index (χ1v) is 16.6. The van der Waals surface area contributed by atoms with Crippen molar-refractivity contribution < 1.29 is 38.4 Å². The molecule has 8 heteroatoms. The summed E-state index contributed by atoms with van der Waals surface area (Å²) in [6.07, 6.45) is 8.87. The lowest BCUT2D eigenvalue weighted by Crippen LogP contribution is -2.35. The van der Waals surface area contributed by atoms with E-state index in [9.17, 15) is 14.7 Å². The fourth-order valence-electron chi connectivity index (χ4n) is 8.18. The van der Waals surface area contributed by atoms with E-state index in [1.807, 2.05) is 19.1 Å². The number of fused-ring (bicyclic) bond motifs is 5. The zero-order valence-electron chi connectivity index (χ0n) is 27.6. The second kappa shape index (κ2) is 14.5. The zero-order chi connectivity index (χ0) is 32.2. The number of allylic oxidation sites excluding steroid dienone is 4. The van der Waals surface area contributed by atoms with E-state index in [2.05, 4.69) is 31.2 Å². The fraction of sp³-hybridized carbons (Fsp3) is 0.622. The van der Waals surface area contributed by atoms with Gasteiger partial charge in [0.2, 0.25) is 6.29 Å². The number of aliphatic hydroxyl groups is 1. The lowest BCUT2D eigenvalue weighted by molar-refractivity contribution is -0.151. The standard InChI is InChI=1S/C37H50O8/c1-7-25-11-9-8-10-21(2)35(39)32-19-30-28-18-27(45-37(40)36(43-6)22(3)41-4)16-24(28)17-29(23-12-14-26(42-5)15-13-23)34(30)31(32)20-33(38)44-25/h12-15,17,19,21,25,27-31,34,37,40H,7-11,16,18,20H2,1-6H3/b36-22+/t21-,25+,27-,28-,29?,30+,31-,34-,37+/m1/s1. The van der Waals surface area contributed by atoms with Crippen molar-refractivity contribution in [3.63, 3.8) is 0 Å². The zero-order valence-corrected chi connectivity index (χ0v) is 27.6. The molecule has 1 saturated carbocycles. The molecule has 1 unspecified atom stereocenters. The van der Waals surface area contributed by atoms with Crippen LogP contribution in [-0.2, 0) is 28.5 Å². The Kier molecular flexibility index (Phi) is 10.8. The highest BCUT2D eigenvalue weighted by Crippen LogP contribution is 2.58. The minimum absolute atomic E-state index is 0.00877. The average Bonchev–Trinajstić information content (AvgIpc) is 3.62. The molecular weight excluding hydrogens is 572 g/mol. The number of rotatable bonds is 8. The number of carbonyl (C=O) groups is 2. The number of esters is 1. The largest absolute Gasteiger partial charge is 0.498 e. The van der Waals surface area contributed by atoms with Gasteiger partial charge in [0.05, 0.1) is 33.9 Å². The number of ether oxygens (including phenoxy) is 5. The minimum atomic E-state index is -1.26. The molecule has 1 heterocycles. The fourth-order valence-corrected chi connectivity index (χ4v) is 8.18. The Balaban J connectivity index is 1.52. The molecule has 5 rings (SSSR count). The van der Waals surface area contributed by atoms with Gasteiger partial charge < -0.3 is 28.8 Å². The number of hydrogen-bond donors (Lipinski definition) is 1. The third-order valence-corrected chi connectivity index (χ3v) is 10.6. The van der Waals surface area contributed by atoms with Crippen LogP contribution in [0.4, 0.5) is 0 Å². The van der Waals surface area contributed by atoms with Crippen molar-refractivity contribution in [3.8, 4) is 5.75 Å². The van der Waals surface area contributed by atoms with Crippen LogP contribution in [0.15, 0.2) is 59.1 Å². The Morgan fingerprint density at radius 2 is 1.73 bits per heavy atom. The summed E-state index contributed by atoms with van der Waals surface area (Å²) < 4.78 is 28.3. The first-order valence-electron chi connectivity index (χ1n) is 16.6. The predicted octanol–water partition coefficient (Wildman–Crippen LogP) is 6.64. The number of methoxy groups -OCH3 is 3. The van der Waals surface area contributed by atoms with Gasteiger partial charge in [-0.3, -0.25) is 9.59 Å². The molecule has 3 aliphatic carbocycles. The van der Waals surface area contributed by atoms with Crippen molar-refractivity contribution in [3.05, 3.63) is 64.6 Å². The maximum absolute atomic E-state index is 14.1. The monoisotopic (exact) mass is 622 g/mol. The van der Waals surface area contributed by atoms with Crippen molar-refractivity contribution in [1.29, 1.82) is 0 Å². The second-order valence-corrected chi connectivity index (χ2v) is 13.2. The Morgan fingerprint density at radius 3 is 2.40 bits per heavy atom. The molecule has 1 aliphatic heterocycles. The van der Waals surface area contributed by atoms with Crippen LogP contribution < -0.4 is 4.74 Å². The van der Waals surface area contributed by atoms with Crippen LogP contribution in [-0.4, -0.2) is 56.7 Å². The first-order chi connectivity index (χ1) is 21.7. The number of benzene rings is 1. The summed E-state index contributed by atoms with van der Waals surface area (Å²) in [6.45, 7) is 5.83. The van der Waals surface area contributed by atoms with Gasteiger partial charge in [0, 0.05) is 17.8 Å². The third kappa shape index (κ3) is 7.02. The van der Waals surface area contributed by atoms with E-state index in [0.717, 1.165) is 49.0 Å². The molecule has 45 heavy (non-hydrogen) atoms. The van der Waals surface area contributed by atoms with Crippen LogP contribution >= 0.6 is 0 Å². The average molecular weight is 623 g/mol. The molecule has 246 valence electrons. The van der Waals surface area contributed by atoms with E-state index in [0.29, 0.717) is 18.6 Å². The van der Waals surface area contributed by atoms with E-state index < -0.39 is 6.29 Å². The molecule has 1 aromatic carbocycles. The van der Waals surface area contributed by atoms with E-state index in [1.54, 1.807) is 14.0 Å². The van der Waals surface area contributed by atoms with Crippen LogP contribution in [0.25, 0.3) is 0 Å². The van der Waals surface area contributed by atoms with Gasteiger partial charge in [-0.1, -0.05) is 50.1 Å². The highest BCUT2D eigenvalue weighted by atomic mass is 16.6. The van der Waals surface area contributed by atoms with E-state index in [4.69, 9.17) is 23.7 Å². The number of cyclic esters (lactones) is 1. The molecule has 0 spiro atoms. The number of Topliss-reactive ketones (excluding diaryl/α,β-unsaturated/α-hetero) is 1. The highest BCUT2D eigenvalue weighted by molar-refractivity contribution is 5.98. The van der Waals surface area contributed by atoms with Gasteiger partial charge >= 0.3 is 5.97 Å². The second-order valence-electron chi connectivity index (χ2n) is 13.2. The maximum Gasteiger partial charge on any atom is 0.306 e. The van der Waals surface area contributed by atoms with Crippen molar-refractivity contribution in [2.24, 2.45) is 29.6 Å². The predicted molar refractivity (Wildman–Crippen MR) is 170 cm³/mol. The topological polar surface area (TPSA) is 101 Å². The summed E-state index contributed by atoms with van der Waals surface area (Å²) in [5.74, 6) is 1.29. The van der Waals surface area contributed by atoms with E-state index in [1.165, 1.54) is 19.8 Å². The van der Waals surface area contributed by atoms with Gasteiger partial charge in [-0.15, -0.1) is 0 Å². The number of ketones is 1. The molecule has 0 radical (unpaired) electrons. The minimum Gasteiger partial charge on any atom is -0.498 e. The summed E-state index contributed by atoms with van der Waals surface area (Å²) in [6, 6.07) is 8.13. The van der Waals surface area contributed by atoms with Gasteiger partial charge in [-0.2, -0.15) is 0 Å². The summed E-state index contributed by atoms with van der Waals surface area (Å²) in [4.78, 5) is 27.6. The molecule has 1 N–H and O–H groups in total. The molecule has 0 bridgehead atoms. The smallest absolute Gasteiger partial charge is 0.306 e. The van der Waals surface area contributed by atoms with Crippen LogP contribution in [0.2, 0.25) is 0 Å². The normalized spacial score (nSPS) is 33.1. The molecule has 4 aliphatic rings. The lowest BCUT2D eigenvalue weighted by atomic mass is 9.64. The highest BCUT2D eigenvalue weighted by Gasteiger charge is 2.53. The Bertz CT molecular complexity index is 1310. The quantitative estimate of drug-likeness (QED) is 0.149. The number of carbonyl (C=O) groups excluding carboxylic acids is 2. The Morgan fingerprint density at radius 1 is 1.00 bits per heavy atom. The van der Waals surface area contributed by atoms with Crippen molar-refractivity contribution >= 4 is 11.8 Å². The van der Waals surface area contributed by atoms with Crippen LogP contribution in [0.3, 0.4) is 0 Å². The Labute approximate surface area is 267 Å². The SMILES string of the molecule is CC[C@H]1CCCC[C@@H](C)C(=O)C2=C[C@@H]3[C@@H](C(c4ccc(OC)cc4)C=C4C[C@@H](O[C@H](O)/C(OC)=C(/C)OC)C[C@H]43)[C@@H]2CC(=O)O1. The van der Waals surface area contributed by atoms with Crippen molar-refractivity contribution in [2.45, 2.75) is 96.6 Å². The third-order valence-electron chi connectivity index (χ3n) is 10.6. The summed E-state index contributed by atoms with van der Waals surface area (Å²) in [7, 11) is 4.67. The van der Waals surface area contributed by atoms with Gasteiger partial charge in [0.15, 0.2) is 11.5 Å². The van der Waals surface area contributed by atoms with Crippen LogP contribution in [0, 0.1) is 29.6 Å². The van der Waals surface area contributed by atoms with Crippen LogP contribution in [0.5, 0.6) is 5.75 Å². The van der Waals surface area contributed by atoms with E-state index >= 15 is 0 Å². The van der Waals surface area contributed by atoms with Crippen LogP contribution in [0.1, 0.15) is 83.6 Å². The van der Waals surface area contributed by atoms with Gasteiger partial charge in [0.25, 0.3) is 0 Å². The molecular formula is C37H50O8. The van der Waals surface area contributed by atoms with Gasteiger partial charge in [-0.05, 0) is 86.5 Å². The number of hydrogen-bond acceptors (Lipinski definition) is 8. The van der Waals surface area contributed by atoms with Gasteiger partial charge in [0.1, 0.15) is 17.6 Å². The Hall–Kier alpha value is -3.10. The molecule has 1 aromatic rings. The summed E-state index contributed by atoms with van der Waals surface area (Å²) >= 11 is 0. The molecule has 2 fully saturated rings. The van der Waals surface area contributed by atoms with Crippen molar-refractivity contribution in [2.75, 3.05) is 21.3 Å². The molecule has 8 nitrogen and oxygen atoms in total. The van der Waals surface area contributed by atoms with E-state index in [-0.39, 0.29) is 71.6 Å². The number of aliphatic hydroxyl groups excluding tert-OH is 1. The van der Waals surface area contributed by atoms with Crippen molar-refractivity contribution in [1.82, 2.24) is 0 Å². The molecule has 0 amide bonds. The molecule has 9 atom stereocenters.